The van der Waals surface area contributed by atoms with Crippen molar-refractivity contribution < 1.29 is 32.2 Å². The molecule has 1 N–H and O–H groups in total. The number of carboxylic acid groups (broad SMARTS) is 1. The van der Waals surface area contributed by atoms with E-state index in [1.54, 1.807) is 35.0 Å². The van der Waals surface area contributed by atoms with E-state index >= 15 is 0 Å². The van der Waals surface area contributed by atoms with Gasteiger partial charge < -0.3 is 14.7 Å². The van der Waals surface area contributed by atoms with Crippen LogP contribution in [0, 0.1) is 12.7 Å². The maximum absolute atomic E-state index is 14.7. The van der Waals surface area contributed by atoms with E-state index in [1.165, 1.54) is 12.1 Å². The van der Waals surface area contributed by atoms with Gasteiger partial charge in [0.2, 0.25) is 5.95 Å². The van der Waals surface area contributed by atoms with Crippen molar-refractivity contribution in [1.82, 2.24) is 19.7 Å². The van der Waals surface area contributed by atoms with Crippen molar-refractivity contribution in [2.45, 2.75) is 45.5 Å². The number of alkyl halides is 3. The molecule has 210 valence electrons. The number of nitrogens with zero attached hydrogens (tertiary/aromatic N) is 5. The Bertz CT molecular complexity index is 1470. The summed E-state index contributed by atoms with van der Waals surface area (Å²) in [6, 6.07) is 12.6. The summed E-state index contributed by atoms with van der Waals surface area (Å²) in [4.78, 5) is 20.6. The lowest BCUT2D eigenvalue weighted by Crippen LogP contribution is -2.28. The van der Waals surface area contributed by atoms with Crippen molar-refractivity contribution in [1.29, 1.82) is 0 Å². The fraction of sp³-hybridized carbons (Fsp3) is 0.286. The van der Waals surface area contributed by atoms with Gasteiger partial charge in [-0.2, -0.15) is 18.3 Å². The molecule has 0 bridgehead atoms. The van der Waals surface area contributed by atoms with Gasteiger partial charge in [-0.1, -0.05) is 25.1 Å². The minimum absolute atomic E-state index is 0.134. The molecule has 1 atom stereocenters. The van der Waals surface area contributed by atoms with Gasteiger partial charge in [-0.25, -0.2) is 23.8 Å². The predicted molar refractivity (Wildman–Crippen MR) is 139 cm³/mol. The summed E-state index contributed by atoms with van der Waals surface area (Å²) in [5.74, 6) is -2.27. The summed E-state index contributed by atoms with van der Waals surface area (Å²) in [5.41, 5.74) is 2.04. The van der Waals surface area contributed by atoms with Gasteiger partial charge in [0.15, 0.2) is 17.7 Å². The average Bonchev–Trinajstić information content (AvgIpc) is 3.38. The Morgan fingerprint density at radius 2 is 1.95 bits per heavy atom. The Morgan fingerprint density at radius 3 is 2.62 bits per heavy atom. The molecule has 0 aliphatic heterocycles. The van der Waals surface area contributed by atoms with E-state index in [0.717, 1.165) is 23.5 Å². The van der Waals surface area contributed by atoms with Crippen LogP contribution in [0.3, 0.4) is 0 Å². The van der Waals surface area contributed by atoms with Crippen LogP contribution in [0.25, 0.3) is 5.69 Å². The van der Waals surface area contributed by atoms with Crippen molar-refractivity contribution in [3.63, 3.8) is 0 Å². The van der Waals surface area contributed by atoms with Gasteiger partial charge in [0, 0.05) is 31.0 Å². The Hall–Kier alpha value is -4.48. The van der Waals surface area contributed by atoms with Gasteiger partial charge in [0.1, 0.15) is 5.69 Å². The fourth-order valence-electron chi connectivity index (χ4n) is 4.00. The lowest BCUT2D eigenvalue weighted by Gasteiger charge is -2.23. The second-order valence-corrected chi connectivity index (χ2v) is 9.16. The maximum Gasteiger partial charge on any atom is 0.433 e. The molecule has 0 saturated carbocycles. The van der Waals surface area contributed by atoms with Gasteiger partial charge >= 0.3 is 12.1 Å². The van der Waals surface area contributed by atoms with Crippen LogP contribution in [0.4, 0.5) is 23.5 Å². The Balaban J connectivity index is 1.56. The summed E-state index contributed by atoms with van der Waals surface area (Å²) >= 11 is 0. The van der Waals surface area contributed by atoms with Crippen LogP contribution in [-0.2, 0) is 23.9 Å². The van der Waals surface area contributed by atoms with E-state index in [-0.39, 0.29) is 37.6 Å². The SMILES string of the molecule is CCC(Oc1ccc(CCN(Cc2cnn(-c3cccc(C)c3)c2)c2nccc(C(F)(F)F)n2)cc1F)C(=O)O. The number of aromatic nitrogens is 4. The smallest absolute Gasteiger partial charge is 0.433 e. The molecule has 0 spiro atoms. The molecule has 0 aliphatic carbocycles. The lowest BCUT2D eigenvalue weighted by atomic mass is 10.1. The molecule has 0 fully saturated rings. The van der Waals surface area contributed by atoms with Crippen molar-refractivity contribution in [3.8, 4) is 11.4 Å². The molecule has 0 radical (unpaired) electrons. The molecule has 2 heterocycles. The molecule has 40 heavy (non-hydrogen) atoms. The highest BCUT2D eigenvalue weighted by molar-refractivity contribution is 5.72. The zero-order chi connectivity index (χ0) is 28.9. The molecule has 0 aliphatic rings. The highest BCUT2D eigenvalue weighted by Gasteiger charge is 2.33. The first-order valence-corrected chi connectivity index (χ1v) is 12.5. The van der Waals surface area contributed by atoms with Crippen LogP contribution in [-0.4, -0.2) is 43.5 Å². The van der Waals surface area contributed by atoms with Gasteiger partial charge in [0.05, 0.1) is 11.9 Å². The maximum atomic E-state index is 14.7. The molecule has 2 aromatic heterocycles. The normalized spacial score (nSPS) is 12.2. The number of anilines is 1. The van der Waals surface area contributed by atoms with Crippen molar-refractivity contribution in [3.05, 3.63) is 95.3 Å². The summed E-state index contributed by atoms with van der Waals surface area (Å²) in [5, 5.41) is 13.5. The molecular formula is C28H27F4N5O3. The Morgan fingerprint density at radius 1 is 1.15 bits per heavy atom. The molecule has 4 aromatic rings. The molecule has 0 amide bonds. The first-order valence-electron chi connectivity index (χ1n) is 12.5. The largest absolute Gasteiger partial charge is 0.479 e. The number of aryl methyl sites for hydroxylation is 1. The van der Waals surface area contributed by atoms with Crippen LogP contribution in [0.15, 0.2) is 67.1 Å². The quantitative estimate of drug-likeness (QED) is 0.239. The minimum Gasteiger partial charge on any atom is -0.479 e. The minimum atomic E-state index is -4.65. The number of benzene rings is 2. The number of rotatable bonds is 11. The first kappa shape index (κ1) is 28.5. The third kappa shape index (κ3) is 7.13. The third-order valence-electron chi connectivity index (χ3n) is 6.07. The van der Waals surface area contributed by atoms with E-state index in [0.29, 0.717) is 11.1 Å². The van der Waals surface area contributed by atoms with E-state index < -0.39 is 29.8 Å². The van der Waals surface area contributed by atoms with Gasteiger partial charge in [0.25, 0.3) is 0 Å². The van der Waals surface area contributed by atoms with Crippen molar-refractivity contribution in [2.24, 2.45) is 0 Å². The molecule has 1 unspecified atom stereocenters. The van der Waals surface area contributed by atoms with Crippen LogP contribution in [0.2, 0.25) is 0 Å². The third-order valence-corrected chi connectivity index (χ3v) is 6.07. The molecule has 2 aromatic carbocycles. The number of hydrogen-bond acceptors (Lipinski definition) is 6. The van der Waals surface area contributed by atoms with Crippen LogP contribution < -0.4 is 9.64 Å². The second kappa shape index (κ2) is 12.1. The molecule has 12 heteroatoms. The average molecular weight is 558 g/mol. The van der Waals surface area contributed by atoms with Crippen LogP contribution in [0.5, 0.6) is 5.75 Å². The van der Waals surface area contributed by atoms with E-state index in [9.17, 15) is 22.4 Å². The molecular weight excluding hydrogens is 530 g/mol. The standard InChI is InChI=1S/C28H27F4N5O3/c1-3-23(26(38)39)40-24-8-7-19(14-22(24)29)10-12-36(27-33-11-9-25(35-27)28(30,31)32)16-20-15-34-37(17-20)21-6-4-5-18(2)13-21/h4-9,11,13-15,17,23H,3,10,12,16H2,1-2H3,(H,38,39). The zero-order valence-electron chi connectivity index (χ0n) is 21.8. The van der Waals surface area contributed by atoms with Gasteiger partial charge in [-0.05, 0) is 61.2 Å². The Labute approximate surface area is 227 Å². The number of aliphatic carboxylic acids is 1. The summed E-state index contributed by atoms with van der Waals surface area (Å²) in [6.07, 6.45) is -1.01. The van der Waals surface area contributed by atoms with Crippen molar-refractivity contribution >= 4 is 11.9 Å². The topological polar surface area (TPSA) is 93.4 Å². The Kier molecular flexibility index (Phi) is 8.66. The van der Waals surface area contributed by atoms with Crippen molar-refractivity contribution in [2.75, 3.05) is 11.4 Å². The summed E-state index contributed by atoms with van der Waals surface area (Å²) in [6.45, 7) is 3.87. The number of ether oxygens (including phenoxy) is 1. The molecule has 0 saturated heterocycles. The first-order chi connectivity index (χ1) is 19.0. The molecule has 4 rings (SSSR count). The van der Waals surface area contributed by atoms with Gasteiger partial charge in [-0.15, -0.1) is 0 Å². The summed E-state index contributed by atoms with van der Waals surface area (Å²) < 4.78 is 61.7. The predicted octanol–water partition coefficient (Wildman–Crippen LogP) is 5.62. The monoisotopic (exact) mass is 557 g/mol. The van der Waals surface area contributed by atoms with Crippen LogP contribution in [0.1, 0.15) is 35.7 Å². The van der Waals surface area contributed by atoms with E-state index in [1.807, 2.05) is 31.2 Å². The molecule has 8 nitrogen and oxygen atoms in total. The fourth-order valence-corrected chi connectivity index (χ4v) is 4.00. The van der Waals surface area contributed by atoms with Gasteiger partial charge in [-0.3, -0.25) is 0 Å². The number of hydrogen-bond donors (Lipinski definition) is 1. The van der Waals surface area contributed by atoms with E-state index in [2.05, 4.69) is 15.1 Å². The number of halogens is 4. The van der Waals surface area contributed by atoms with E-state index in [4.69, 9.17) is 9.84 Å². The lowest BCUT2D eigenvalue weighted by molar-refractivity contribution is -0.145. The second-order valence-electron chi connectivity index (χ2n) is 9.16. The highest BCUT2D eigenvalue weighted by atomic mass is 19.4. The summed E-state index contributed by atoms with van der Waals surface area (Å²) in [7, 11) is 0. The van der Waals surface area contributed by atoms with Crippen LogP contribution >= 0.6 is 0 Å². The number of carboxylic acids is 1. The zero-order valence-corrected chi connectivity index (χ0v) is 21.8. The highest BCUT2D eigenvalue weighted by Crippen LogP contribution is 2.29. The number of carbonyl (C=O) groups is 1.